The van der Waals surface area contributed by atoms with Gasteiger partial charge in [0, 0.05) is 17.5 Å². The third-order valence-corrected chi connectivity index (χ3v) is 8.98. The lowest BCUT2D eigenvalue weighted by Gasteiger charge is -2.36. The van der Waals surface area contributed by atoms with Crippen molar-refractivity contribution in [2.24, 2.45) is 0 Å². The van der Waals surface area contributed by atoms with E-state index in [-0.39, 0.29) is 16.7 Å². The predicted molar refractivity (Wildman–Crippen MR) is 98.5 cm³/mol. The molecule has 7 heteroatoms. The molecule has 0 aromatic carbocycles. The summed E-state index contributed by atoms with van der Waals surface area (Å²) in [7, 11) is -1.16. The summed E-state index contributed by atoms with van der Waals surface area (Å²) < 4.78 is 15.0. The first-order valence-corrected chi connectivity index (χ1v) is 11.2. The minimum atomic E-state index is -1.16. The maximum atomic E-state index is 12.9. The van der Waals surface area contributed by atoms with E-state index >= 15 is 0 Å². The zero-order valence-electron chi connectivity index (χ0n) is 13.9. The second-order valence-corrected chi connectivity index (χ2v) is 11.9. The number of nitrogens with one attached hydrogen (secondary N) is 2. The summed E-state index contributed by atoms with van der Waals surface area (Å²) in [5.41, 5.74) is 0. The van der Waals surface area contributed by atoms with Gasteiger partial charge < -0.3 is 5.32 Å². The molecule has 1 aliphatic heterocycles. The summed E-state index contributed by atoms with van der Waals surface area (Å²) in [6, 6.07) is 0.301. The van der Waals surface area contributed by atoms with Gasteiger partial charge in [0.25, 0.3) is 0 Å². The van der Waals surface area contributed by atoms with Gasteiger partial charge in [-0.15, -0.1) is 23.5 Å². The molecule has 0 aromatic heterocycles. The monoisotopic (exact) mass is 364 g/mol. The first-order chi connectivity index (χ1) is 10.3. The van der Waals surface area contributed by atoms with Crippen molar-refractivity contribution in [1.82, 2.24) is 10.0 Å². The van der Waals surface area contributed by atoms with E-state index < -0.39 is 15.1 Å². The van der Waals surface area contributed by atoms with Crippen LogP contribution in [0.25, 0.3) is 0 Å². The van der Waals surface area contributed by atoms with E-state index in [0.29, 0.717) is 6.04 Å². The van der Waals surface area contributed by atoms with Gasteiger partial charge in [-0.2, -0.15) is 0 Å². The van der Waals surface area contributed by atoms with Gasteiger partial charge in [0.2, 0.25) is 5.91 Å². The lowest BCUT2D eigenvalue weighted by molar-refractivity contribution is -0.121. The van der Waals surface area contributed by atoms with Gasteiger partial charge in [-0.1, -0.05) is 13.3 Å². The van der Waals surface area contributed by atoms with Crippen molar-refractivity contribution in [3.63, 3.8) is 0 Å². The normalized spacial score (nSPS) is 24.0. The first-order valence-electron chi connectivity index (χ1n) is 8.06. The first kappa shape index (κ1) is 18.6. The molecule has 22 heavy (non-hydrogen) atoms. The zero-order chi connectivity index (χ0) is 16.4. The van der Waals surface area contributed by atoms with E-state index in [4.69, 9.17) is 0 Å². The standard InChI is InChI=1S/C15H28N2O2S3/c1-5-6-12(17-22(19)14(2,3)4)15(20-9-10-21-15)13(18)16-11-7-8-11/h11-12,17H,5-10H2,1-4H3,(H,16,18)/t12-,22?/m0/s1. The molecule has 1 saturated carbocycles. The molecule has 0 radical (unpaired) electrons. The zero-order valence-corrected chi connectivity index (χ0v) is 16.4. The highest BCUT2D eigenvalue weighted by atomic mass is 32.2. The van der Waals surface area contributed by atoms with Crippen molar-refractivity contribution in [3.8, 4) is 0 Å². The SMILES string of the molecule is CCC[C@H](NS(=O)C(C)(C)C)C1(C(=O)NC2CC2)SCCS1. The summed E-state index contributed by atoms with van der Waals surface area (Å²) in [5, 5.41) is 3.17. The van der Waals surface area contributed by atoms with E-state index in [1.54, 1.807) is 23.5 Å². The quantitative estimate of drug-likeness (QED) is 0.729. The summed E-state index contributed by atoms with van der Waals surface area (Å²) >= 11 is 3.44. The summed E-state index contributed by atoms with van der Waals surface area (Å²) in [5.74, 6) is 2.08. The Kier molecular flexibility index (Phi) is 6.30. The second-order valence-electron chi connectivity index (χ2n) is 6.95. The summed E-state index contributed by atoms with van der Waals surface area (Å²) in [4.78, 5) is 12.9. The average molecular weight is 365 g/mol. The van der Waals surface area contributed by atoms with E-state index in [2.05, 4.69) is 17.0 Å². The number of amides is 1. The molecule has 1 amide bonds. The maximum Gasteiger partial charge on any atom is 0.248 e. The van der Waals surface area contributed by atoms with E-state index in [9.17, 15) is 9.00 Å². The van der Waals surface area contributed by atoms with Crippen LogP contribution in [-0.2, 0) is 15.8 Å². The molecule has 0 bridgehead atoms. The van der Waals surface area contributed by atoms with Crippen molar-refractivity contribution in [3.05, 3.63) is 0 Å². The Morgan fingerprint density at radius 3 is 2.36 bits per heavy atom. The molecule has 2 N–H and O–H groups in total. The van der Waals surface area contributed by atoms with E-state index in [1.807, 2.05) is 20.8 Å². The Morgan fingerprint density at radius 2 is 1.91 bits per heavy atom. The third-order valence-electron chi connectivity index (χ3n) is 3.79. The molecular formula is C15H28N2O2S3. The number of rotatable bonds is 7. The van der Waals surface area contributed by atoms with Crippen LogP contribution in [0.5, 0.6) is 0 Å². The summed E-state index contributed by atoms with van der Waals surface area (Å²) in [6.07, 6.45) is 4.02. The largest absolute Gasteiger partial charge is 0.351 e. The Labute approximate surface area is 145 Å². The molecular weight excluding hydrogens is 336 g/mol. The van der Waals surface area contributed by atoms with Crippen LogP contribution in [0, 0.1) is 0 Å². The Balaban J connectivity index is 2.17. The fourth-order valence-electron chi connectivity index (χ4n) is 2.35. The van der Waals surface area contributed by atoms with Gasteiger partial charge in [0.05, 0.1) is 21.8 Å². The summed E-state index contributed by atoms with van der Waals surface area (Å²) in [6.45, 7) is 8.01. The van der Waals surface area contributed by atoms with Crippen LogP contribution in [0.1, 0.15) is 53.4 Å². The number of hydrogen-bond donors (Lipinski definition) is 2. The molecule has 1 aliphatic carbocycles. The van der Waals surface area contributed by atoms with Gasteiger partial charge in [-0.05, 0) is 40.0 Å². The van der Waals surface area contributed by atoms with Crippen molar-refractivity contribution in [2.45, 2.75) is 74.3 Å². The molecule has 2 rings (SSSR count). The highest BCUT2D eigenvalue weighted by molar-refractivity contribution is 8.22. The lowest BCUT2D eigenvalue weighted by Crippen LogP contribution is -2.56. The van der Waals surface area contributed by atoms with E-state index in [1.165, 1.54) is 0 Å². The third kappa shape index (κ3) is 4.42. The van der Waals surface area contributed by atoms with Crippen LogP contribution in [0.4, 0.5) is 0 Å². The van der Waals surface area contributed by atoms with Crippen molar-refractivity contribution < 1.29 is 9.00 Å². The van der Waals surface area contributed by atoms with Crippen LogP contribution in [0.3, 0.4) is 0 Å². The van der Waals surface area contributed by atoms with Crippen LogP contribution in [-0.4, -0.2) is 42.5 Å². The van der Waals surface area contributed by atoms with Gasteiger partial charge in [-0.25, -0.2) is 8.93 Å². The molecule has 1 unspecified atom stereocenters. The van der Waals surface area contributed by atoms with Gasteiger partial charge in [-0.3, -0.25) is 4.79 Å². The van der Waals surface area contributed by atoms with Crippen molar-refractivity contribution in [2.75, 3.05) is 11.5 Å². The van der Waals surface area contributed by atoms with Crippen LogP contribution in [0.2, 0.25) is 0 Å². The highest BCUT2D eigenvalue weighted by Gasteiger charge is 2.51. The molecule has 2 fully saturated rings. The molecule has 1 heterocycles. The Hall–Kier alpha value is 0.280. The smallest absolute Gasteiger partial charge is 0.248 e. The molecule has 0 aromatic rings. The Bertz CT molecular complexity index is 427. The molecule has 2 aliphatic rings. The maximum absolute atomic E-state index is 12.9. The number of thioether (sulfide) groups is 2. The number of carbonyl (C=O) groups excluding carboxylic acids is 1. The predicted octanol–water partition coefficient (Wildman–Crippen LogP) is 2.66. The molecule has 128 valence electrons. The van der Waals surface area contributed by atoms with Crippen molar-refractivity contribution >= 4 is 40.4 Å². The average Bonchev–Trinajstić information content (AvgIpc) is 3.10. The number of hydrogen-bond acceptors (Lipinski definition) is 4. The molecule has 4 nitrogen and oxygen atoms in total. The second kappa shape index (κ2) is 7.45. The van der Waals surface area contributed by atoms with Gasteiger partial charge in [0.1, 0.15) is 0 Å². The topological polar surface area (TPSA) is 58.2 Å². The fourth-order valence-corrected chi connectivity index (χ4v) is 6.65. The van der Waals surface area contributed by atoms with Crippen LogP contribution < -0.4 is 10.0 Å². The fraction of sp³-hybridized carbons (Fsp3) is 0.933. The van der Waals surface area contributed by atoms with Crippen LogP contribution in [0.15, 0.2) is 0 Å². The van der Waals surface area contributed by atoms with Gasteiger partial charge in [0.15, 0.2) is 4.08 Å². The van der Waals surface area contributed by atoms with Gasteiger partial charge >= 0.3 is 0 Å². The minimum Gasteiger partial charge on any atom is -0.351 e. The molecule has 2 atom stereocenters. The molecule has 0 spiro atoms. The van der Waals surface area contributed by atoms with Crippen LogP contribution >= 0.6 is 23.5 Å². The highest BCUT2D eigenvalue weighted by Crippen LogP contribution is 2.48. The van der Waals surface area contributed by atoms with E-state index in [0.717, 1.165) is 37.2 Å². The Morgan fingerprint density at radius 1 is 1.32 bits per heavy atom. The lowest BCUT2D eigenvalue weighted by atomic mass is 10.1. The molecule has 1 saturated heterocycles. The minimum absolute atomic E-state index is 0.0613. The number of carbonyl (C=O) groups is 1. The van der Waals surface area contributed by atoms with Crippen molar-refractivity contribution in [1.29, 1.82) is 0 Å².